The predicted molar refractivity (Wildman–Crippen MR) is 75.7 cm³/mol. The summed E-state index contributed by atoms with van der Waals surface area (Å²) in [7, 11) is 3.60. The highest BCUT2D eigenvalue weighted by Crippen LogP contribution is 2.25. The summed E-state index contributed by atoms with van der Waals surface area (Å²) in [6.45, 7) is 2.33. The molecular weight excluding hydrogens is 240 g/mol. The topological polar surface area (TPSA) is 35.4 Å². The predicted octanol–water partition coefficient (Wildman–Crippen LogP) is 2.30. The zero-order valence-corrected chi connectivity index (χ0v) is 11.4. The molecule has 1 aromatic heterocycles. The lowest BCUT2D eigenvalue weighted by molar-refractivity contribution is 0.280. The molecular formula is C15H20N2O2. The maximum atomic E-state index is 5.74. The van der Waals surface area contributed by atoms with Crippen LogP contribution < -0.4 is 14.8 Å². The minimum absolute atomic E-state index is 0.619. The fourth-order valence-corrected chi connectivity index (χ4v) is 1.94. The van der Waals surface area contributed by atoms with Gasteiger partial charge in [0.1, 0.15) is 6.61 Å². The van der Waals surface area contributed by atoms with E-state index in [4.69, 9.17) is 9.47 Å². The van der Waals surface area contributed by atoms with Crippen LogP contribution in [0.3, 0.4) is 0 Å². The molecule has 0 fully saturated rings. The van der Waals surface area contributed by atoms with Crippen molar-refractivity contribution in [3.05, 3.63) is 48.3 Å². The van der Waals surface area contributed by atoms with Gasteiger partial charge in [0.25, 0.3) is 0 Å². The Hall–Kier alpha value is -1.94. The average Bonchev–Trinajstić information content (AvgIpc) is 2.87. The Morgan fingerprint density at radius 1 is 1.16 bits per heavy atom. The van der Waals surface area contributed by atoms with E-state index in [0.717, 1.165) is 24.6 Å². The molecule has 0 aliphatic rings. The van der Waals surface area contributed by atoms with Crippen LogP contribution in [0.15, 0.2) is 42.7 Å². The maximum absolute atomic E-state index is 5.74. The minimum atomic E-state index is 0.619. The zero-order chi connectivity index (χ0) is 13.5. The Kier molecular flexibility index (Phi) is 4.86. The third-order valence-corrected chi connectivity index (χ3v) is 2.87. The number of nitrogens with zero attached hydrogens (tertiary/aromatic N) is 1. The number of rotatable bonds is 7. The molecule has 1 heterocycles. The van der Waals surface area contributed by atoms with Crippen molar-refractivity contribution in [1.29, 1.82) is 0 Å². The molecule has 102 valence electrons. The van der Waals surface area contributed by atoms with Crippen LogP contribution in [-0.4, -0.2) is 25.3 Å². The first-order valence-electron chi connectivity index (χ1n) is 6.38. The van der Waals surface area contributed by atoms with Crippen LogP contribution in [0.1, 0.15) is 5.56 Å². The normalized spacial score (nSPS) is 10.4. The molecule has 4 nitrogen and oxygen atoms in total. The van der Waals surface area contributed by atoms with Gasteiger partial charge in [-0.25, -0.2) is 0 Å². The summed E-state index contributed by atoms with van der Waals surface area (Å²) < 4.78 is 13.1. The average molecular weight is 260 g/mol. The lowest BCUT2D eigenvalue weighted by Gasteiger charge is -2.10. The molecule has 1 aromatic carbocycles. The molecule has 1 N–H and O–H groups in total. The molecule has 0 spiro atoms. The molecule has 0 amide bonds. The molecule has 2 aromatic rings. The fourth-order valence-electron chi connectivity index (χ4n) is 1.94. The summed E-state index contributed by atoms with van der Waals surface area (Å²) in [5.41, 5.74) is 1.28. The van der Waals surface area contributed by atoms with Gasteiger partial charge in [-0.15, -0.1) is 0 Å². The third kappa shape index (κ3) is 3.76. The molecule has 2 rings (SSSR count). The van der Waals surface area contributed by atoms with E-state index >= 15 is 0 Å². The first-order chi connectivity index (χ1) is 9.33. The summed E-state index contributed by atoms with van der Waals surface area (Å²) in [6.07, 6.45) is 4.19. The first-order valence-corrected chi connectivity index (χ1v) is 6.38. The van der Waals surface area contributed by atoms with Crippen molar-refractivity contribution < 1.29 is 9.47 Å². The molecule has 4 heteroatoms. The molecule has 0 radical (unpaired) electrons. The molecule has 19 heavy (non-hydrogen) atoms. The van der Waals surface area contributed by atoms with Gasteiger partial charge >= 0.3 is 0 Å². The maximum Gasteiger partial charge on any atom is 0.161 e. The van der Waals surface area contributed by atoms with E-state index < -0.39 is 0 Å². The molecule has 0 atom stereocenters. The van der Waals surface area contributed by atoms with Crippen LogP contribution in [0.5, 0.6) is 11.5 Å². The zero-order valence-electron chi connectivity index (χ0n) is 11.4. The van der Waals surface area contributed by atoms with Gasteiger partial charge in [0, 0.05) is 18.9 Å². The van der Waals surface area contributed by atoms with E-state index in [1.54, 1.807) is 7.11 Å². The van der Waals surface area contributed by atoms with Gasteiger partial charge in [0.15, 0.2) is 11.5 Å². The van der Waals surface area contributed by atoms with Crippen LogP contribution in [0, 0.1) is 0 Å². The van der Waals surface area contributed by atoms with Crippen LogP contribution >= 0.6 is 0 Å². The number of para-hydroxylation sites is 2. The van der Waals surface area contributed by atoms with E-state index in [0.29, 0.717) is 6.61 Å². The second kappa shape index (κ2) is 6.85. The molecule has 0 saturated heterocycles. The number of nitrogens with one attached hydrogen (secondary N) is 1. The van der Waals surface area contributed by atoms with Crippen molar-refractivity contribution >= 4 is 0 Å². The largest absolute Gasteiger partial charge is 0.493 e. The van der Waals surface area contributed by atoms with Gasteiger partial charge in [-0.1, -0.05) is 12.1 Å². The lowest BCUT2D eigenvalue weighted by atomic mass is 10.3. The SMILES string of the molecule is CNCc1ccn(CCOc2ccccc2OC)c1. The smallest absolute Gasteiger partial charge is 0.161 e. The number of hydrogen-bond donors (Lipinski definition) is 1. The van der Waals surface area contributed by atoms with E-state index in [-0.39, 0.29) is 0 Å². The lowest BCUT2D eigenvalue weighted by Crippen LogP contribution is -2.08. The Morgan fingerprint density at radius 3 is 2.68 bits per heavy atom. The number of ether oxygens (including phenoxy) is 2. The first kappa shape index (κ1) is 13.5. The monoisotopic (exact) mass is 260 g/mol. The van der Waals surface area contributed by atoms with Gasteiger partial charge < -0.3 is 19.4 Å². The second-order valence-corrected chi connectivity index (χ2v) is 4.29. The van der Waals surface area contributed by atoms with Gasteiger partial charge in [-0.05, 0) is 30.8 Å². The van der Waals surface area contributed by atoms with Crippen molar-refractivity contribution in [2.45, 2.75) is 13.1 Å². The number of methoxy groups -OCH3 is 1. The molecule has 0 aliphatic carbocycles. The van der Waals surface area contributed by atoms with Crippen molar-refractivity contribution in [3.8, 4) is 11.5 Å². The number of benzene rings is 1. The van der Waals surface area contributed by atoms with Crippen molar-refractivity contribution in [2.75, 3.05) is 20.8 Å². The summed E-state index contributed by atoms with van der Waals surface area (Å²) in [6, 6.07) is 9.80. The highest BCUT2D eigenvalue weighted by Gasteiger charge is 2.02. The second-order valence-electron chi connectivity index (χ2n) is 4.29. The van der Waals surface area contributed by atoms with Crippen LogP contribution in [0.2, 0.25) is 0 Å². The minimum Gasteiger partial charge on any atom is -0.493 e. The van der Waals surface area contributed by atoms with Crippen LogP contribution in [-0.2, 0) is 13.1 Å². The Bertz CT molecular complexity index is 508. The van der Waals surface area contributed by atoms with E-state index in [1.807, 2.05) is 31.3 Å². The molecule has 0 saturated carbocycles. The van der Waals surface area contributed by atoms with Gasteiger partial charge in [-0.3, -0.25) is 0 Å². The van der Waals surface area contributed by atoms with Gasteiger partial charge in [0.2, 0.25) is 0 Å². The summed E-state index contributed by atoms with van der Waals surface area (Å²) >= 11 is 0. The quantitative estimate of drug-likeness (QED) is 0.829. The Morgan fingerprint density at radius 2 is 1.95 bits per heavy atom. The number of hydrogen-bond acceptors (Lipinski definition) is 3. The standard InChI is InChI=1S/C15H20N2O2/c1-16-11-13-7-8-17(12-13)9-10-19-15-6-4-3-5-14(15)18-2/h3-8,12,16H,9-11H2,1-2H3. The third-order valence-electron chi connectivity index (χ3n) is 2.87. The molecule has 0 bridgehead atoms. The van der Waals surface area contributed by atoms with Crippen molar-refractivity contribution in [3.63, 3.8) is 0 Å². The Balaban J connectivity index is 1.85. The van der Waals surface area contributed by atoms with Crippen molar-refractivity contribution in [1.82, 2.24) is 9.88 Å². The fraction of sp³-hybridized carbons (Fsp3) is 0.333. The van der Waals surface area contributed by atoms with Gasteiger partial charge in [0.05, 0.1) is 13.7 Å². The highest BCUT2D eigenvalue weighted by molar-refractivity contribution is 5.39. The summed E-state index contributed by atoms with van der Waals surface area (Å²) in [5, 5.41) is 3.13. The number of aromatic nitrogens is 1. The summed E-state index contributed by atoms with van der Waals surface area (Å²) in [4.78, 5) is 0. The van der Waals surface area contributed by atoms with Crippen molar-refractivity contribution in [2.24, 2.45) is 0 Å². The van der Waals surface area contributed by atoms with E-state index in [9.17, 15) is 0 Å². The summed E-state index contributed by atoms with van der Waals surface area (Å²) in [5.74, 6) is 1.55. The van der Waals surface area contributed by atoms with Gasteiger partial charge in [-0.2, -0.15) is 0 Å². The van der Waals surface area contributed by atoms with E-state index in [1.165, 1.54) is 5.56 Å². The molecule has 0 aliphatic heterocycles. The van der Waals surface area contributed by atoms with Crippen LogP contribution in [0.25, 0.3) is 0 Å². The van der Waals surface area contributed by atoms with E-state index in [2.05, 4.69) is 28.3 Å². The Labute approximate surface area is 114 Å². The highest BCUT2D eigenvalue weighted by atomic mass is 16.5. The van der Waals surface area contributed by atoms with Crippen LogP contribution in [0.4, 0.5) is 0 Å². The molecule has 0 unspecified atom stereocenters.